The number of benzene rings is 1. The van der Waals surface area contributed by atoms with E-state index in [1.807, 2.05) is 6.07 Å². The van der Waals surface area contributed by atoms with Crippen LogP contribution >= 0.6 is 0 Å². The van der Waals surface area contributed by atoms with E-state index in [1.165, 1.54) is 5.56 Å². The molecule has 1 aliphatic carbocycles. The Morgan fingerprint density at radius 3 is 2.68 bits per heavy atom. The van der Waals surface area contributed by atoms with Gasteiger partial charge in [0.2, 0.25) is 0 Å². The van der Waals surface area contributed by atoms with Gasteiger partial charge in [-0.1, -0.05) is 50.1 Å². The summed E-state index contributed by atoms with van der Waals surface area (Å²) in [6.45, 7) is 5.52. The van der Waals surface area contributed by atoms with Crippen molar-refractivity contribution >= 4 is 6.03 Å². The summed E-state index contributed by atoms with van der Waals surface area (Å²) in [6.07, 6.45) is 4.65. The summed E-state index contributed by atoms with van der Waals surface area (Å²) in [5.74, 6) is 0.415. The zero-order valence-electron chi connectivity index (χ0n) is 15.2. The van der Waals surface area contributed by atoms with Crippen molar-refractivity contribution in [3.63, 3.8) is 0 Å². The summed E-state index contributed by atoms with van der Waals surface area (Å²) < 4.78 is 0. The maximum atomic E-state index is 12.2. The van der Waals surface area contributed by atoms with Gasteiger partial charge in [-0.3, -0.25) is 4.90 Å². The predicted octanol–water partition coefficient (Wildman–Crippen LogP) is 2.50. The quantitative estimate of drug-likeness (QED) is 0.768. The summed E-state index contributed by atoms with van der Waals surface area (Å²) in [5.41, 5.74) is 0.644. The molecule has 2 fully saturated rings. The standard InChI is InChI=1S/C20H31N3O2/c1-16-13-23(14-17-7-3-2-4-8-17)12-9-18(16)22-19(24)21-15-20(25)10-5-6-11-20/h2-4,7-8,16,18,25H,5-6,9-15H2,1H3,(H2,21,22,24). The highest BCUT2D eigenvalue weighted by molar-refractivity contribution is 5.74. The number of carbonyl (C=O) groups excluding carboxylic acids is 1. The molecule has 5 nitrogen and oxygen atoms in total. The lowest BCUT2D eigenvalue weighted by Crippen LogP contribution is -2.53. The van der Waals surface area contributed by atoms with E-state index in [2.05, 4.69) is 46.7 Å². The van der Waals surface area contributed by atoms with Gasteiger partial charge in [-0.2, -0.15) is 0 Å². The number of nitrogens with zero attached hydrogens (tertiary/aromatic N) is 1. The van der Waals surface area contributed by atoms with E-state index in [1.54, 1.807) is 0 Å². The van der Waals surface area contributed by atoms with E-state index >= 15 is 0 Å². The van der Waals surface area contributed by atoms with Gasteiger partial charge < -0.3 is 15.7 Å². The molecule has 2 atom stereocenters. The van der Waals surface area contributed by atoms with Crippen LogP contribution in [0.2, 0.25) is 0 Å². The van der Waals surface area contributed by atoms with Crippen molar-refractivity contribution in [1.82, 2.24) is 15.5 Å². The minimum atomic E-state index is -0.692. The molecule has 138 valence electrons. The third-order valence-electron chi connectivity index (χ3n) is 5.67. The molecule has 2 unspecified atom stereocenters. The first-order valence-corrected chi connectivity index (χ1v) is 9.57. The van der Waals surface area contributed by atoms with Gasteiger partial charge in [-0.05, 0) is 30.7 Å². The summed E-state index contributed by atoms with van der Waals surface area (Å²) in [7, 11) is 0. The van der Waals surface area contributed by atoms with E-state index in [4.69, 9.17) is 0 Å². The number of rotatable bonds is 5. The maximum absolute atomic E-state index is 12.2. The number of hydrogen-bond donors (Lipinski definition) is 3. The number of amides is 2. The van der Waals surface area contributed by atoms with Gasteiger partial charge in [-0.25, -0.2) is 4.79 Å². The molecule has 1 heterocycles. The van der Waals surface area contributed by atoms with Gasteiger partial charge in [-0.15, -0.1) is 0 Å². The molecule has 2 aliphatic rings. The first-order chi connectivity index (χ1) is 12.0. The summed E-state index contributed by atoms with van der Waals surface area (Å²) in [4.78, 5) is 14.6. The molecular formula is C20H31N3O2. The van der Waals surface area contributed by atoms with Gasteiger partial charge in [0.25, 0.3) is 0 Å². The molecule has 1 aliphatic heterocycles. The number of carbonyl (C=O) groups is 1. The molecule has 1 aromatic rings. The monoisotopic (exact) mass is 345 g/mol. The van der Waals surface area contributed by atoms with Crippen LogP contribution in [0.4, 0.5) is 4.79 Å². The van der Waals surface area contributed by atoms with Gasteiger partial charge >= 0.3 is 6.03 Å². The molecule has 0 radical (unpaired) electrons. The van der Waals surface area contributed by atoms with Crippen LogP contribution in [0.25, 0.3) is 0 Å². The van der Waals surface area contributed by atoms with Crippen LogP contribution in [-0.4, -0.2) is 47.3 Å². The second kappa shape index (κ2) is 8.19. The highest BCUT2D eigenvalue weighted by Crippen LogP contribution is 2.28. The molecular weight excluding hydrogens is 314 g/mol. The third-order valence-corrected chi connectivity index (χ3v) is 5.67. The fraction of sp³-hybridized carbons (Fsp3) is 0.650. The lowest BCUT2D eigenvalue weighted by Gasteiger charge is -2.37. The zero-order chi connectivity index (χ0) is 17.7. The molecule has 5 heteroatoms. The van der Waals surface area contributed by atoms with Gasteiger partial charge in [0.15, 0.2) is 0 Å². The molecule has 3 N–H and O–H groups in total. The molecule has 1 saturated carbocycles. The Morgan fingerprint density at radius 2 is 2.00 bits per heavy atom. The minimum absolute atomic E-state index is 0.145. The van der Waals surface area contributed by atoms with E-state index in [-0.39, 0.29) is 12.1 Å². The van der Waals surface area contributed by atoms with Gasteiger partial charge in [0.05, 0.1) is 5.60 Å². The van der Waals surface area contributed by atoms with E-state index < -0.39 is 5.60 Å². The molecule has 0 aromatic heterocycles. The number of hydrogen-bond acceptors (Lipinski definition) is 3. The average Bonchev–Trinajstić information content (AvgIpc) is 3.04. The number of urea groups is 1. The van der Waals surface area contributed by atoms with E-state index in [0.717, 1.165) is 51.7 Å². The summed E-state index contributed by atoms with van der Waals surface area (Å²) >= 11 is 0. The molecule has 0 spiro atoms. The van der Waals surface area contributed by atoms with Gasteiger partial charge in [0, 0.05) is 32.2 Å². The lowest BCUT2D eigenvalue weighted by atomic mass is 9.93. The van der Waals surface area contributed by atoms with Crippen LogP contribution in [0.3, 0.4) is 0 Å². The zero-order valence-corrected chi connectivity index (χ0v) is 15.2. The van der Waals surface area contributed by atoms with Crippen LogP contribution in [0.1, 0.15) is 44.6 Å². The van der Waals surface area contributed by atoms with Crippen LogP contribution < -0.4 is 10.6 Å². The Bertz CT molecular complexity index is 557. The first-order valence-electron chi connectivity index (χ1n) is 9.57. The number of aliphatic hydroxyl groups is 1. The van der Waals surface area contributed by atoms with Crippen LogP contribution in [0.5, 0.6) is 0 Å². The highest BCUT2D eigenvalue weighted by atomic mass is 16.3. The van der Waals surface area contributed by atoms with Crippen molar-refractivity contribution in [3.8, 4) is 0 Å². The number of piperidine rings is 1. The molecule has 3 rings (SSSR count). The highest BCUT2D eigenvalue weighted by Gasteiger charge is 2.32. The summed E-state index contributed by atoms with van der Waals surface area (Å²) in [6, 6.07) is 10.6. The van der Waals surface area contributed by atoms with E-state index in [0.29, 0.717) is 12.5 Å². The number of likely N-dealkylation sites (tertiary alicyclic amines) is 1. The normalized spacial score (nSPS) is 26.3. The SMILES string of the molecule is CC1CN(Cc2ccccc2)CCC1NC(=O)NCC1(O)CCCC1. The second-order valence-electron chi connectivity index (χ2n) is 7.85. The summed E-state index contributed by atoms with van der Waals surface area (Å²) in [5, 5.41) is 16.3. The van der Waals surface area contributed by atoms with Crippen molar-refractivity contribution in [2.24, 2.45) is 5.92 Å². The van der Waals surface area contributed by atoms with Crippen LogP contribution in [-0.2, 0) is 6.54 Å². The molecule has 0 bridgehead atoms. The molecule has 25 heavy (non-hydrogen) atoms. The second-order valence-corrected chi connectivity index (χ2v) is 7.85. The smallest absolute Gasteiger partial charge is 0.315 e. The van der Waals surface area contributed by atoms with Crippen molar-refractivity contribution in [1.29, 1.82) is 0 Å². The van der Waals surface area contributed by atoms with Crippen molar-refractivity contribution < 1.29 is 9.90 Å². The lowest BCUT2D eigenvalue weighted by molar-refractivity contribution is 0.0496. The Hall–Kier alpha value is -1.59. The molecule has 1 saturated heterocycles. The van der Waals surface area contributed by atoms with Crippen molar-refractivity contribution in [2.75, 3.05) is 19.6 Å². The average molecular weight is 345 g/mol. The van der Waals surface area contributed by atoms with Gasteiger partial charge in [0.1, 0.15) is 0 Å². The minimum Gasteiger partial charge on any atom is -0.388 e. The fourth-order valence-corrected chi connectivity index (χ4v) is 4.11. The fourth-order valence-electron chi connectivity index (χ4n) is 4.11. The Morgan fingerprint density at radius 1 is 1.28 bits per heavy atom. The van der Waals surface area contributed by atoms with Crippen molar-refractivity contribution in [3.05, 3.63) is 35.9 Å². The predicted molar refractivity (Wildman–Crippen MR) is 99.2 cm³/mol. The first kappa shape index (κ1) is 18.2. The number of nitrogens with one attached hydrogen (secondary N) is 2. The van der Waals surface area contributed by atoms with Crippen LogP contribution in [0.15, 0.2) is 30.3 Å². The topological polar surface area (TPSA) is 64.6 Å². The Balaban J connectivity index is 1.41. The Labute approximate surface area is 150 Å². The Kier molecular flexibility index (Phi) is 5.97. The maximum Gasteiger partial charge on any atom is 0.315 e. The third kappa shape index (κ3) is 5.19. The molecule has 1 aromatic carbocycles. The largest absolute Gasteiger partial charge is 0.388 e. The van der Waals surface area contributed by atoms with Crippen LogP contribution in [0, 0.1) is 5.92 Å². The van der Waals surface area contributed by atoms with Crippen molar-refractivity contribution in [2.45, 2.75) is 57.2 Å². The van der Waals surface area contributed by atoms with E-state index in [9.17, 15) is 9.90 Å². The molecule has 2 amide bonds.